The molecule has 168 valence electrons. The maximum Gasteiger partial charge on any atom is 0.333 e. The summed E-state index contributed by atoms with van der Waals surface area (Å²) in [5.41, 5.74) is 6.66. The lowest BCUT2D eigenvalue weighted by Gasteiger charge is -2.27. The van der Waals surface area contributed by atoms with E-state index >= 15 is 0 Å². The highest BCUT2D eigenvalue weighted by molar-refractivity contribution is 5.89. The molecule has 0 bridgehead atoms. The second-order valence-electron chi connectivity index (χ2n) is 8.67. The summed E-state index contributed by atoms with van der Waals surface area (Å²) in [7, 11) is 0. The molecule has 0 aromatic heterocycles. The molecule has 4 rings (SSSR count). The number of carboxylic acids is 1. The van der Waals surface area contributed by atoms with Crippen LogP contribution >= 0.6 is 0 Å². The minimum Gasteiger partial charge on any atom is -0.478 e. The molecule has 0 saturated heterocycles. The van der Waals surface area contributed by atoms with Gasteiger partial charge >= 0.3 is 5.97 Å². The average Bonchev–Trinajstić information content (AvgIpc) is 2.84. The van der Waals surface area contributed by atoms with Crippen LogP contribution in [0.3, 0.4) is 0 Å². The first-order chi connectivity index (χ1) is 16.0. The fourth-order valence-electron chi connectivity index (χ4n) is 4.59. The van der Waals surface area contributed by atoms with Crippen molar-refractivity contribution in [3.05, 3.63) is 107 Å². The standard InChI is InChI=1S/C29H29NO3/c1-20-7-5-6-10-25(20)24-16-17-27(26(19-24)29(32)33)30-28(31)18-13-21-11-14-23(15-12-21)22-8-3-2-4-9-22/h2-12,14-15,24H,13,16-19H2,1H3,(H,30,31)(H,32,33). The molecule has 1 aliphatic rings. The van der Waals surface area contributed by atoms with Crippen molar-refractivity contribution in [1.29, 1.82) is 0 Å². The molecule has 1 amide bonds. The van der Waals surface area contributed by atoms with E-state index in [0.29, 0.717) is 37.0 Å². The first-order valence-electron chi connectivity index (χ1n) is 11.5. The van der Waals surface area contributed by atoms with Gasteiger partial charge < -0.3 is 10.4 Å². The highest BCUT2D eigenvalue weighted by atomic mass is 16.4. The number of benzene rings is 3. The number of carbonyl (C=O) groups excluding carboxylic acids is 1. The molecular weight excluding hydrogens is 410 g/mol. The molecule has 1 unspecified atom stereocenters. The van der Waals surface area contributed by atoms with E-state index in [1.807, 2.05) is 42.5 Å². The van der Waals surface area contributed by atoms with Crippen LogP contribution in [0.4, 0.5) is 0 Å². The van der Waals surface area contributed by atoms with E-state index in [-0.39, 0.29) is 11.8 Å². The van der Waals surface area contributed by atoms with Gasteiger partial charge in [0.05, 0.1) is 5.57 Å². The van der Waals surface area contributed by atoms with Crippen LogP contribution in [0.2, 0.25) is 0 Å². The first kappa shape index (κ1) is 22.5. The molecule has 1 aliphatic carbocycles. The smallest absolute Gasteiger partial charge is 0.333 e. The van der Waals surface area contributed by atoms with Gasteiger partial charge in [-0.2, -0.15) is 0 Å². The lowest BCUT2D eigenvalue weighted by atomic mass is 9.80. The Labute approximate surface area is 195 Å². The summed E-state index contributed by atoms with van der Waals surface area (Å²) in [4.78, 5) is 24.5. The van der Waals surface area contributed by atoms with Crippen molar-refractivity contribution >= 4 is 11.9 Å². The quantitative estimate of drug-likeness (QED) is 0.473. The van der Waals surface area contributed by atoms with Gasteiger partial charge in [-0.3, -0.25) is 4.79 Å². The Hall–Kier alpha value is -3.66. The summed E-state index contributed by atoms with van der Waals surface area (Å²) < 4.78 is 0. The Kier molecular flexibility index (Phi) is 7.04. The number of aliphatic carboxylic acids is 1. The summed E-state index contributed by atoms with van der Waals surface area (Å²) in [5.74, 6) is -0.911. The second-order valence-corrected chi connectivity index (χ2v) is 8.67. The molecule has 3 aromatic carbocycles. The average molecular weight is 440 g/mol. The topological polar surface area (TPSA) is 66.4 Å². The molecule has 2 N–H and O–H groups in total. The summed E-state index contributed by atoms with van der Waals surface area (Å²) in [6, 6.07) is 26.5. The van der Waals surface area contributed by atoms with E-state index < -0.39 is 5.97 Å². The molecule has 0 aliphatic heterocycles. The van der Waals surface area contributed by atoms with Crippen LogP contribution in [0.5, 0.6) is 0 Å². The van der Waals surface area contributed by atoms with Crippen molar-refractivity contribution in [2.45, 2.75) is 44.9 Å². The van der Waals surface area contributed by atoms with Crippen molar-refractivity contribution < 1.29 is 14.7 Å². The Morgan fingerprint density at radius 3 is 2.27 bits per heavy atom. The van der Waals surface area contributed by atoms with Crippen LogP contribution in [-0.4, -0.2) is 17.0 Å². The number of carboxylic acid groups (broad SMARTS) is 1. The van der Waals surface area contributed by atoms with Crippen molar-refractivity contribution in [3.63, 3.8) is 0 Å². The maximum absolute atomic E-state index is 12.6. The van der Waals surface area contributed by atoms with E-state index in [1.54, 1.807) is 0 Å². The molecule has 0 radical (unpaired) electrons. The third-order valence-corrected chi connectivity index (χ3v) is 6.44. The normalized spacial score (nSPS) is 15.8. The maximum atomic E-state index is 12.6. The van der Waals surface area contributed by atoms with Gasteiger partial charge in [0, 0.05) is 12.1 Å². The van der Waals surface area contributed by atoms with Crippen molar-refractivity contribution in [2.75, 3.05) is 0 Å². The van der Waals surface area contributed by atoms with Crippen molar-refractivity contribution in [1.82, 2.24) is 5.32 Å². The van der Waals surface area contributed by atoms with Gasteiger partial charge in [-0.25, -0.2) is 4.79 Å². The van der Waals surface area contributed by atoms with E-state index in [9.17, 15) is 14.7 Å². The van der Waals surface area contributed by atoms with Gasteiger partial charge in [0.1, 0.15) is 0 Å². The molecule has 3 aromatic rings. The number of hydrogen-bond acceptors (Lipinski definition) is 2. The minimum absolute atomic E-state index is 0.134. The number of amides is 1. The van der Waals surface area contributed by atoms with Crippen LogP contribution in [0.15, 0.2) is 90.1 Å². The molecular formula is C29H29NO3. The number of rotatable bonds is 7. The highest BCUT2D eigenvalue weighted by Gasteiger charge is 2.27. The lowest BCUT2D eigenvalue weighted by molar-refractivity contribution is -0.133. The zero-order valence-corrected chi connectivity index (χ0v) is 18.9. The molecule has 1 atom stereocenters. The molecule has 33 heavy (non-hydrogen) atoms. The van der Waals surface area contributed by atoms with Gasteiger partial charge in [-0.1, -0.05) is 78.9 Å². The van der Waals surface area contributed by atoms with Crippen LogP contribution in [0.25, 0.3) is 11.1 Å². The van der Waals surface area contributed by atoms with Gasteiger partial charge in [0.15, 0.2) is 0 Å². The lowest BCUT2D eigenvalue weighted by Crippen LogP contribution is -2.29. The zero-order chi connectivity index (χ0) is 23.2. The van der Waals surface area contributed by atoms with Crippen LogP contribution in [0, 0.1) is 6.92 Å². The molecule has 4 heteroatoms. The van der Waals surface area contributed by atoms with Gasteiger partial charge in [0.25, 0.3) is 0 Å². The predicted molar refractivity (Wildman–Crippen MR) is 131 cm³/mol. The molecule has 0 spiro atoms. The summed E-state index contributed by atoms with van der Waals surface area (Å²) in [5, 5.41) is 12.7. The van der Waals surface area contributed by atoms with E-state index in [0.717, 1.165) is 23.1 Å². The summed E-state index contributed by atoms with van der Waals surface area (Å²) in [6.07, 6.45) is 2.78. The number of aryl methyl sites for hydroxylation is 2. The Balaban J connectivity index is 1.37. The van der Waals surface area contributed by atoms with Crippen molar-refractivity contribution in [3.8, 4) is 11.1 Å². The van der Waals surface area contributed by atoms with Gasteiger partial charge in [-0.05, 0) is 66.3 Å². The van der Waals surface area contributed by atoms with Crippen LogP contribution in [-0.2, 0) is 16.0 Å². The van der Waals surface area contributed by atoms with Gasteiger partial charge in [-0.15, -0.1) is 0 Å². The van der Waals surface area contributed by atoms with Crippen LogP contribution < -0.4 is 5.32 Å². The fourth-order valence-corrected chi connectivity index (χ4v) is 4.59. The molecule has 0 heterocycles. The number of nitrogens with one attached hydrogen (secondary N) is 1. The number of hydrogen-bond donors (Lipinski definition) is 2. The van der Waals surface area contributed by atoms with Crippen LogP contribution in [0.1, 0.15) is 48.3 Å². The Bertz CT molecular complexity index is 1160. The second kappa shape index (κ2) is 10.3. The summed E-state index contributed by atoms with van der Waals surface area (Å²) >= 11 is 0. The number of allylic oxidation sites excluding steroid dienone is 1. The molecule has 0 fully saturated rings. The van der Waals surface area contributed by atoms with Crippen molar-refractivity contribution in [2.24, 2.45) is 0 Å². The third-order valence-electron chi connectivity index (χ3n) is 6.44. The zero-order valence-electron chi connectivity index (χ0n) is 18.9. The first-order valence-corrected chi connectivity index (χ1v) is 11.5. The highest BCUT2D eigenvalue weighted by Crippen LogP contribution is 2.37. The summed E-state index contributed by atoms with van der Waals surface area (Å²) in [6.45, 7) is 2.06. The largest absolute Gasteiger partial charge is 0.478 e. The van der Waals surface area contributed by atoms with E-state index in [2.05, 4.69) is 48.6 Å². The van der Waals surface area contributed by atoms with E-state index in [4.69, 9.17) is 0 Å². The van der Waals surface area contributed by atoms with Gasteiger partial charge in [0.2, 0.25) is 5.91 Å². The third kappa shape index (κ3) is 5.58. The fraction of sp³-hybridized carbons (Fsp3) is 0.241. The molecule has 4 nitrogen and oxygen atoms in total. The number of carbonyl (C=O) groups is 2. The minimum atomic E-state index is -0.944. The predicted octanol–water partition coefficient (Wildman–Crippen LogP) is 6.02. The Morgan fingerprint density at radius 2 is 1.58 bits per heavy atom. The Morgan fingerprint density at radius 1 is 0.909 bits per heavy atom. The monoisotopic (exact) mass is 439 g/mol. The SMILES string of the molecule is Cc1ccccc1C1CCC(NC(=O)CCc2ccc(-c3ccccc3)cc2)=C(C(=O)O)C1. The van der Waals surface area contributed by atoms with E-state index in [1.165, 1.54) is 11.1 Å². The molecule has 0 saturated carbocycles.